The molecule has 1 aromatic rings. The van der Waals surface area contributed by atoms with Crippen LogP contribution >= 0.6 is 0 Å². The highest BCUT2D eigenvalue weighted by Crippen LogP contribution is 2.12. The van der Waals surface area contributed by atoms with Gasteiger partial charge in [-0.2, -0.15) is 0 Å². The summed E-state index contributed by atoms with van der Waals surface area (Å²) in [6.07, 6.45) is -0.660. The van der Waals surface area contributed by atoms with Crippen LogP contribution in [0.4, 0.5) is 14.9 Å². The normalized spacial score (nSPS) is 13.9. The molecule has 1 aromatic carbocycles. The van der Waals surface area contributed by atoms with Crippen molar-refractivity contribution >= 4 is 17.7 Å². The first-order valence-corrected chi connectivity index (χ1v) is 6.89. The van der Waals surface area contributed by atoms with Crippen LogP contribution in [0, 0.1) is 5.82 Å². The molecule has 122 valence electrons. The molecule has 0 saturated carbocycles. The lowest BCUT2D eigenvalue weighted by Crippen LogP contribution is -2.52. The fourth-order valence-corrected chi connectivity index (χ4v) is 1.78. The summed E-state index contributed by atoms with van der Waals surface area (Å²) in [5, 5.41) is 5.34. The molecule has 2 atom stereocenters. The number of rotatable bonds is 5. The maximum absolute atomic E-state index is 13.2. The zero-order valence-corrected chi connectivity index (χ0v) is 13.1. The number of primary amides is 1. The maximum Gasteiger partial charge on any atom is 0.407 e. The van der Waals surface area contributed by atoms with Crippen molar-refractivity contribution in [3.8, 4) is 0 Å². The number of halogens is 1. The van der Waals surface area contributed by atoms with Crippen LogP contribution in [0.5, 0.6) is 0 Å². The minimum atomic E-state index is -0.908. The average Bonchev–Trinajstić information content (AvgIpc) is 2.32. The summed E-state index contributed by atoms with van der Waals surface area (Å²) in [7, 11) is 0. The number of nitrogens with one attached hydrogen (secondary N) is 2. The van der Waals surface area contributed by atoms with E-state index >= 15 is 0 Å². The molecule has 0 fully saturated rings. The van der Waals surface area contributed by atoms with Gasteiger partial charge in [-0.15, -0.1) is 0 Å². The summed E-state index contributed by atoms with van der Waals surface area (Å²) in [6, 6.07) is 4.06. The van der Waals surface area contributed by atoms with E-state index < -0.39 is 35.5 Å². The van der Waals surface area contributed by atoms with Gasteiger partial charge in [0.1, 0.15) is 17.5 Å². The third kappa shape index (κ3) is 5.99. The molecule has 0 aliphatic carbocycles. The van der Waals surface area contributed by atoms with Crippen molar-refractivity contribution in [1.29, 1.82) is 0 Å². The van der Waals surface area contributed by atoms with E-state index in [2.05, 4.69) is 10.6 Å². The molecule has 7 heteroatoms. The number of ether oxygens (including phenoxy) is 1. The Bertz CT molecular complexity index is 543. The van der Waals surface area contributed by atoms with Gasteiger partial charge in [0.15, 0.2) is 0 Å². The second-order valence-electron chi connectivity index (χ2n) is 5.97. The van der Waals surface area contributed by atoms with Gasteiger partial charge in [-0.1, -0.05) is 6.07 Å². The molecule has 0 aromatic heterocycles. The van der Waals surface area contributed by atoms with E-state index in [4.69, 9.17) is 10.5 Å². The standard InChI is InChI=1S/C15H22FN3O3/c1-9(18-14(21)22-15(2,3)4)12(13(17)20)19-11-7-5-6-10(16)8-11/h5-9,12,19H,1-4H3,(H2,17,20)(H,18,21). The van der Waals surface area contributed by atoms with Gasteiger partial charge in [0.25, 0.3) is 0 Å². The second kappa shape index (κ2) is 7.11. The Balaban J connectivity index is 2.74. The summed E-state index contributed by atoms with van der Waals surface area (Å²) in [4.78, 5) is 23.3. The first kappa shape index (κ1) is 17.7. The largest absolute Gasteiger partial charge is 0.444 e. The fourth-order valence-electron chi connectivity index (χ4n) is 1.78. The lowest BCUT2D eigenvalue weighted by Gasteiger charge is -2.26. The Hall–Kier alpha value is -2.31. The van der Waals surface area contributed by atoms with Crippen LogP contribution in [0.25, 0.3) is 0 Å². The van der Waals surface area contributed by atoms with Crippen LogP contribution in [0.2, 0.25) is 0 Å². The third-order valence-electron chi connectivity index (χ3n) is 2.70. The molecule has 0 aliphatic rings. The first-order chi connectivity index (χ1) is 10.1. The van der Waals surface area contributed by atoms with Crippen molar-refractivity contribution in [3.05, 3.63) is 30.1 Å². The van der Waals surface area contributed by atoms with E-state index in [0.717, 1.165) is 0 Å². The van der Waals surface area contributed by atoms with E-state index in [1.807, 2.05) is 0 Å². The summed E-state index contributed by atoms with van der Waals surface area (Å²) in [6.45, 7) is 6.79. The van der Waals surface area contributed by atoms with Gasteiger partial charge in [-0.25, -0.2) is 9.18 Å². The monoisotopic (exact) mass is 311 g/mol. The molecule has 4 N–H and O–H groups in total. The SMILES string of the molecule is CC(NC(=O)OC(C)(C)C)C(Nc1cccc(F)c1)C(N)=O. The summed E-state index contributed by atoms with van der Waals surface area (Å²) in [5.74, 6) is -1.12. The van der Waals surface area contributed by atoms with Gasteiger partial charge >= 0.3 is 6.09 Å². The lowest BCUT2D eigenvalue weighted by molar-refractivity contribution is -0.119. The highest BCUT2D eigenvalue weighted by Gasteiger charge is 2.26. The van der Waals surface area contributed by atoms with Gasteiger partial charge in [-0.3, -0.25) is 4.79 Å². The molecule has 2 unspecified atom stereocenters. The number of carbonyl (C=O) groups excluding carboxylic acids is 2. The van der Waals surface area contributed by atoms with Gasteiger partial charge < -0.3 is 21.1 Å². The summed E-state index contributed by atoms with van der Waals surface area (Å²) in [5.41, 5.74) is 5.08. The molecule has 2 amide bonds. The fraction of sp³-hybridized carbons (Fsp3) is 0.467. The van der Waals surface area contributed by atoms with Crippen LogP contribution in [0.1, 0.15) is 27.7 Å². The van der Waals surface area contributed by atoms with Crippen molar-refractivity contribution in [2.45, 2.75) is 45.4 Å². The van der Waals surface area contributed by atoms with Crippen LogP contribution in [-0.4, -0.2) is 29.7 Å². The Morgan fingerprint density at radius 3 is 2.45 bits per heavy atom. The van der Waals surface area contributed by atoms with Crippen LogP contribution in [-0.2, 0) is 9.53 Å². The minimum Gasteiger partial charge on any atom is -0.444 e. The van der Waals surface area contributed by atoms with E-state index in [1.165, 1.54) is 18.2 Å². The molecule has 22 heavy (non-hydrogen) atoms. The molecular weight excluding hydrogens is 289 g/mol. The predicted molar refractivity (Wildman–Crippen MR) is 81.8 cm³/mol. The second-order valence-corrected chi connectivity index (χ2v) is 5.97. The minimum absolute atomic E-state index is 0.390. The zero-order valence-electron chi connectivity index (χ0n) is 13.1. The van der Waals surface area contributed by atoms with Crippen molar-refractivity contribution in [3.63, 3.8) is 0 Å². The number of amides is 2. The molecule has 0 bridgehead atoms. The molecule has 6 nitrogen and oxygen atoms in total. The first-order valence-electron chi connectivity index (χ1n) is 6.89. The maximum atomic E-state index is 13.2. The van der Waals surface area contributed by atoms with Gasteiger partial charge in [0.2, 0.25) is 5.91 Å². The molecule has 0 aliphatic heterocycles. The van der Waals surface area contributed by atoms with Gasteiger partial charge in [0, 0.05) is 5.69 Å². The molecule has 0 heterocycles. The number of benzene rings is 1. The third-order valence-corrected chi connectivity index (χ3v) is 2.70. The van der Waals surface area contributed by atoms with Crippen LogP contribution in [0.15, 0.2) is 24.3 Å². The summed E-state index contributed by atoms with van der Waals surface area (Å²) >= 11 is 0. The van der Waals surface area contributed by atoms with Crippen molar-refractivity contribution in [2.24, 2.45) is 5.73 Å². The van der Waals surface area contributed by atoms with E-state index in [9.17, 15) is 14.0 Å². The number of nitrogens with two attached hydrogens (primary N) is 1. The highest BCUT2D eigenvalue weighted by atomic mass is 19.1. The number of hydrogen-bond acceptors (Lipinski definition) is 4. The molecule has 0 spiro atoms. The van der Waals surface area contributed by atoms with Gasteiger partial charge in [0.05, 0.1) is 6.04 Å². The number of carbonyl (C=O) groups is 2. The van der Waals surface area contributed by atoms with Crippen LogP contribution in [0.3, 0.4) is 0 Å². The number of hydrogen-bond donors (Lipinski definition) is 3. The Morgan fingerprint density at radius 1 is 1.32 bits per heavy atom. The van der Waals surface area contributed by atoms with E-state index in [-0.39, 0.29) is 0 Å². The molecule has 0 radical (unpaired) electrons. The number of anilines is 1. The van der Waals surface area contributed by atoms with Crippen molar-refractivity contribution in [2.75, 3.05) is 5.32 Å². The molecule has 1 rings (SSSR count). The van der Waals surface area contributed by atoms with Crippen molar-refractivity contribution in [1.82, 2.24) is 5.32 Å². The molecular formula is C15H22FN3O3. The summed E-state index contributed by atoms with van der Waals surface area (Å²) < 4.78 is 18.3. The average molecular weight is 311 g/mol. The lowest BCUT2D eigenvalue weighted by atomic mass is 10.1. The Morgan fingerprint density at radius 2 is 1.95 bits per heavy atom. The Kier molecular flexibility index (Phi) is 5.73. The quantitative estimate of drug-likeness (QED) is 0.775. The predicted octanol–water partition coefficient (Wildman–Crippen LogP) is 2.00. The Labute approximate surface area is 129 Å². The number of alkyl carbamates (subject to hydrolysis) is 1. The van der Waals surface area contributed by atoms with Crippen molar-refractivity contribution < 1.29 is 18.7 Å². The molecule has 0 saturated heterocycles. The van der Waals surface area contributed by atoms with Gasteiger partial charge in [-0.05, 0) is 45.9 Å². The topological polar surface area (TPSA) is 93.4 Å². The highest BCUT2D eigenvalue weighted by molar-refractivity contribution is 5.84. The smallest absolute Gasteiger partial charge is 0.407 e. The van der Waals surface area contributed by atoms with Crippen LogP contribution < -0.4 is 16.4 Å². The van der Waals surface area contributed by atoms with E-state index in [1.54, 1.807) is 33.8 Å². The zero-order chi connectivity index (χ0) is 16.9. The van der Waals surface area contributed by atoms with E-state index in [0.29, 0.717) is 5.69 Å².